The number of thiazole rings is 1. The van der Waals surface area contributed by atoms with Gasteiger partial charge in [-0.1, -0.05) is 6.07 Å². The highest BCUT2D eigenvalue weighted by atomic mass is 32.1. The largest absolute Gasteiger partial charge is 0.448 e. The number of carbonyl (C=O) groups is 2. The molecule has 28 heavy (non-hydrogen) atoms. The minimum atomic E-state index is -0.813. The monoisotopic (exact) mass is 416 g/mol. The second-order valence-electron chi connectivity index (χ2n) is 8.75. The van der Waals surface area contributed by atoms with Crippen LogP contribution < -0.4 is 5.32 Å². The molecule has 6 rings (SSSR count). The first-order valence-corrected chi connectivity index (χ1v) is 11.8. The second kappa shape index (κ2) is 6.95. The van der Waals surface area contributed by atoms with Crippen LogP contribution in [-0.4, -0.2) is 28.5 Å². The maximum Gasteiger partial charge on any atom is 0.358 e. The van der Waals surface area contributed by atoms with Crippen molar-refractivity contribution in [1.29, 1.82) is 0 Å². The van der Waals surface area contributed by atoms with Crippen LogP contribution in [0.4, 0.5) is 0 Å². The van der Waals surface area contributed by atoms with Gasteiger partial charge in [0.25, 0.3) is 5.91 Å². The Hall–Kier alpha value is -1.73. The number of thiophene rings is 1. The van der Waals surface area contributed by atoms with E-state index in [9.17, 15) is 9.59 Å². The van der Waals surface area contributed by atoms with Crippen molar-refractivity contribution in [3.8, 4) is 9.88 Å². The number of esters is 1. The van der Waals surface area contributed by atoms with Gasteiger partial charge in [-0.2, -0.15) is 0 Å². The first-order valence-electron chi connectivity index (χ1n) is 10.0. The molecule has 1 atom stereocenters. The molecule has 1 amide bonds. The van der Waals surface area contributed by atoms with Gasteiger partial charge in [-0.05, 0) is 74.6 Å². The Kier molecular flexibility index (Phi) is 4.55. The molecule has 0 aromatic carbocycles. The molecule has 4 aliphatic carbocycles. The van der Waals surface area contributed by atoms with Gasteiger partial charge in [-0.25, -0.2) is 9.78 Å². The molecule has 4 fully saturated rings. The normalized spacial score (nSPS) is 31.5. The fourth-order valence-electron chi connectivity index (χ4n) is 5.78. The Morgan fingerprint density at radius 1 is 1.18 bits per heavy atom. The van der Waals surface area contributed by atoms with Crippen molar-refractivity contribution in [2.45, 2.75) is 57.1 Å². The maximum absolute atomic E-state index is 12.8. The van der Waals surface area contributed by atoms with E-state index >= 15 is 0 Å². The zero-order chi connectivity index (χ0) is 19.3. The summed E-state index contributed by atoms with van der Waals surface area (Å²) >= 11 is 3.00. The molecule has 1 N–H and O–H groups in total. The minimum absolute atomic E-state index is 0.0700. The molecular weight excluding hydrogens is 392 g/mol. The summed E-state index contributed by atoms with van der Waals surface area (Å²) in [6, 6.07) is 3.93. The average molecular weight is 417 g/mol. The molecule has 148 valence electrons. The number of carbonyl (C=O) groups excluding carboxylic acids is 2. The smallest absolute Gasteiger partial charge is 0.358 e. The van der Waals surface area contributed by atoms with Crippen molar-refractivity contribution >= 4 is 34.6 Å². The molecule has 0 unspecified atom stereocenters. The predicted molar refractivity (Wildman–Crippen MR) is 109 cm³/mol. The van der Waals surface area contributed by atoms with Crippen LogP contribution >= 0.6 is 22.7 Å². The van der Waals surface area contributed by atoms with Crippen molar-refractivity contribution in [2.24, 2.45) is 17.8 Å². The van der Waals surface area contributed by atoms with Gasteiger partial charge in [-0.15, -0.1) is 22.7 Å². The van der Waals surface area contributed by atoms with Crippen molar-refractivity contribution in [1.82, 2.24) is 10.3 Å². The fraction of sp³-hybridized carbons (Fsp3) is 0.571. The number of ether oxygens (including phenoxy) is 1. The van der Waals surface area contributed by atoms with Crippen LogP contribution in [0.3, 0.4) is 0 Å². The van der Waals surface area contributed by atoms with Gasteiger partial charge in [0.1, 0.15) is 5.01 Å². The molecule has 7 heteroatoms. The summed E-state index contributed by atoms with van der Waals surface area (Å²) in [4.78, 5) is 30.6. The number of nitrogens with one attached hydrogen (secondary N) is 1. The molecule has 4 saturated carbocycles. The summed E-state index contributed by atoms with van der Waals surface area (Å²) in [6.45, 7) is 1.65. The van der Waals surface area contributed by atoms with E-state index in [1.165, 1.54) is 30.6 Å². The summed E-state index contributed by atoms with van der Waals surface area (Å²) in [5, 5.41) is 7.75. The van der Waals surface area contributed by atoms with Crippen LogP contribution in [0.1, 0.15) is 55.9 Å². The van der Waals surface area contributed by atoms with Gasteiger partial charge < -0.3 is 10.1 Å². The summed E-state index contributed by atoms with van der Waals surface area (Å²) in [5.74, 6) is 1.57. The van der Waals surface area contributed by atoms with Crippen LogP contribution in [0.15, 0.2) is 22.9 Å². The molecule has 0 aliphatic heterocycles. The van der Waals surface area contributed by atoms with Crippen molar-refractivity contribution in [3.05, 3.63) is 28.6 Å². The molecule has 4 aliphatic rings. The first kappa shape index (κ1) is 18.3. The summed E-state index contributed by atoms with van der Waals surface area (Å²) < 4.78 is 5.44. The number of hydrogen-bond donors (Lipinski definition) is 1. The number of hydrogen-bond acceptors (Lipinski definition) is 6. The van der Waals surface area contributed by atoms with Crippen LogP contribution in [0.2, 0.25) is 0 Å². The van der Waals surface area contributed by atoms with E-state index < -0.39 is 12.1 Å². The van der Waals surface area contributed by atoms with Gasteiger partial charge in [-0.3, -0.25) is 4.79 Å². The molecule has 4 bridgehead atoms. The zero-order valence-electron chi connectivity index (χ0n) is 15.8. The van der Waals surface area contributed by atoms with E-state index in [1.807, 2.05) is 17.5 Å². The highest BCUT2D eigenvalue weighted by Crippen LogP contribution is 2.55. The third-order valence-corrected chi connectivity index (χ3v) is 8.41. The van der Waals surface area contributed by atoms with E-state index in [4.69, 9.17) is 4.74 Å². The molecule has 2 aromatic heterocycles. The lowest BCUT2D eigenvalue weighted by atomic mass is 9.53. The lowest BCUT2D eigenvalue weighted by molar-refractivity contribution is -0.134. The topological polar surface area (TPSA) is 68.3 Å². The summed E-state index contributed by atoms with van der Waals surface area (Å²) in [6.07, 6.45) is 6.43. The molecule has 0 saturated heterocycles. The highest BCUT2D eigenvalue weighted by Gasteiger charge is 2.51. The molecule has 2 heterocycles. The molecule has 0 spiro atoms. The molecule has 2 aromatic rings. The standard InChI is InChI=1S/C21H24N2O3S2/c1-12(26-20(25)16-11-28-19(22-16)17-3-2-4-27-17)18(24)23-21-8-13-5-14(9-21)7-15(6-13)10-21/h2-4,11-15H,5-10H2,1H3,(H,23,24)/t12-,13?,14?,15?,21?/m0/s1. The Morgan fingerprint density at radius 3 is 2.46 bits per heavy atom. The van der Waals surface area contributed by atoms with Crippen molar-refractivity contribution in [3.63, 3.8) is 0 Å². The maximum atomic E-state index is 12.8. The first-order chi connectivity index (χ1) is 13.5. The van der Waals surface area contributed by atoms with Crippen LogP contribution in [0, 0.1) is 17.8 Å². The number of amides is 1. The van der Waals surface area contributed by atoms with E-state index in [0.29, 0.717) is 0 Å². The van der Waals surface area contributed by atoms with E-state index in [0.717, 1.165) is 46.9 Å². The number of nitrogens with zero attached hydrogens (tertiary/aromatic N) is 1. The fourth-order valence-corrected chi connectivity index (χ4v) is 7.39. The molecule has 0 radical (unpaired) electrons. The van der Waals surface area contributed by atoms with Crippen molar-refractivity contribution < 1.29 is 14.3 Å². The van der Waals surface area contributed by atoms with Gasteiger partial charge >= 0.3 is 5.97 Å². The lowest BCUT2D eigenvalue weighted by Crippen LogP contribution is -2.61. The SMILES string of the molecule is C[C@H](OC(=O)c1csc(-c2cccs2)n1)C(=O)NC12CC3CC(CC(C3)C1)C2. The zero-order valence-corrected chi connectivity index (χ0v) is 17.5. The van der Waals surface area contributed by atoms with Crippen LogP contribution in [0.5, 0.6) is 0 Å². The third kappa shape index (κ3) is 3.39. The van der Waals surface area contributed by atoms with E-state index in [-0.39, 0.29) is 17.1 Å². The number of aromatic nitrogens is 1. The second-order valence-corrected chi connectivity index (χ2v) is 10.6. The van der Waals surface area contributed by atoms with Crippen LogP contribution in [0.25, 0.3) is 9.88 Å². The Labute approximate surface area is 172 Å². The van der Waals surface area contributed by atoms with Gasteiger partial charge in [0.05, 0.1) is 4.88 Å². The van der Waals surface area contributed by atoms with E-state index in [1.54, 1.807) is 23.6 Å². The predicted octanol–water partition coefficient (Wildman–Crippen LogP) is 4.50. The highest BCUT2D eigenvalue weighted by molar-refractivity contribution is 7.20. The third-order valence-electron chi connectivity index (χ3n) is 6.52. The van der Waals surface area contributed by atoms with Crippen LogP contribution in [-0.2, 0) is 9.53 Å². The average Bonchev–Trinajstić information content (AvgIpc) is 3.31. The number of rotatable bonds is 5. The van der Waals surface area contributed by atoms with Gasteiger partial charge in [0, 0.05) is 10.9 Å². The minimum Gasteiger partial charge on any atom is -0.448 e. The Morgan fingerprint density at radius 2 is 1.86 bits per heavy atom. The van der Waals surface area contributed by atoms with Gasteiger partial charge in [0.15, 0.2) is 11.8 Å². The quantitative estimate of drug-likeness (QED) is 0.729. The van der Waals surface area contributed by atoms with Gasteiger partial charge in [0.2, 0.25) is 0 Å². The lowest BCUT2D eigenvalue weighted by Gasteiger charge is -2.57. The molecular formula is C21H24N2O3S2. The van der Waals surface area contributed by atoms with E-state index in [2.05, 4.69) is 10.3 Å². The summed E-state index contributed by atoms with van der Waals surface area (Å²) in [5.41, 5.74) is 0.197. The Bertz CT molecular complexity index is 854. The molecule has 5 nitrogen and oxygen atoms in total. The summed E-state index contributed by atoms with van der Waals surface area (Å²) in [7, 11) is 0. The van der Waals surface area contributed by atoms with Crippen molar-refractivity contribution in [2.75, 3.05) is 0 Å². The Balaban J connectivity index is 1.21.